The molecule has 2 aromatic carbocycles. The summed E-state index contributed by atoms with van der Waals surface area (Å²) >= 11 is 1.83. The van der Waals surface area contributed by atoms with E-state index >= 15 is 0 Å². The van der Waals surface area contributed by atoms with E-state index in [0.717, 1.165) is 41.3 Å². The smallest absolute Gasteiger partial charge is 0.157 e. The van der Waals surface area contributed by atoms with Crippen molar-refractivity contribution in [2.24, 2.45) is 4.99 Å². The third-order valence-electron chi connectivity index (χ3n) is 6.49. The molecule has 1 fully saturated rings. The Morgan fingerprint density at radius 2 is 1.88 bits per heavy atom. The fourth-order valence-corrected chi connectivity index (χ4v) is 5.27. The number of aromatic nitrogens is 1. The minimum atomic E-state index is 0.393. The van der Waals surface area contributed by atoms with Crippen molar-refractivity contribution in [1.29, 1.82) is 0 Å². The normalized spacial score (nSPS) is 17.6. The van der Waals surface area contributed by atoms with Crippen molar-refractivity contribution in [1.82, 2.24) is 10.3 Å². The number of carbonyl (C=O) groups is 2. The van der Waals surface area contributed by atoms with E-state index in [2.05, 4.69) is 52.4 Å². The molecule has 2 aliphatic heterocycles. The minimum Gasteiger partial charge on any atom is -0.497 e. The van der Waals surface area contributed by atoms with Crippen LogP contribution >= 0.6 is 11.8 Å². The van der Waals surface area contributed by atoms with Gasteiger partial charge in [0.2, 0.25) is 0 Å². The van der Waals surface area contributed by atoms with Crippen molar-refractivity contribution in [3.05, 3.63) is 88.7 Å². The van der Waals surface area contributed by atoms with Crippen molar-refractivity contribution in [2.45, 2.75) is 51.8 Å². The quantitative estimate of drug-likeness (QED) is 0.377. The van der Waals surface area contributed by atoms with E-state index < -0.39 is 0 Å². The summed E-state index contributed by atoms with van der Waals surface area (Å²) in [6.07, 6.45) is 5.01. The Bertz CT molecular complexity index is 1250. The Hall–Kier alpha value is -3.65. The van der Waals surface area contributed by atoms with Crippen molar-refractivity contribution in [3.63, 3.8) is 0 Å². The first-order valence-corrected chi connectivity index (χ1v) is 14.4. The van der Waals surface area contributed by atoms with E-state index in [1.807, 2.05) is 63.8 Å². The number of ether oxygens (including phenoxy) is 1. The fraction of sp³-hybridized carbons (Fsp3) is 0.375. The fourth-order valence-electron chi connectivity index (χ4n) is 4.26. The first kappa shape index (κ1) is 32.6. The Balaban J connectivity index is 0.000000219. The number of fused-ring (bicyclic) bond motifs is 1. The van der Waals surface area contributed by atoms with Crippen LogP contribution in [0.4, 0.5) is 5.69 Å². The molecule has 2 aliphatic rings. The molecule has 0 radical (unpaired) electrons. The molecule has 5 rings (SSSR count). The number of aryl methyl sites for hydroxylation is 1. The summed E-state index contributed by atoms with van der Waals surface area (Å²) in [6.45, 7) is 9.21. The molecule has 0 spiro atoms. The van der Waals surface area contributed by atoms with Gasteiger partial charge in [-0.1, -0.05) is 56.8 Å². The van der Waals surface area contributed by atoms with Gasteiger partial charge in [0.1, 0.15) is 12.0 Å². The number of aliphatic imine (C=N–C) groups is 1. The number of hydrogen-bond acceptors (Lipinski definition) is 7. The predicted octanol–water partition coefficient (Wildman–Crippen LogP) is 6.10. The molecule has 2 atom stereocenters. The van der Waals surface area contributed by atoms with Gasteiger partial charge in [-0.25, -0.2) is 0 Å². The summed E-state index contributed by atoms with van der Waals surface area (Å²) in [5.41, 5.74) is 6.73. The van der Waals surface area contributed by atoms with E-state index in [-0.39, 0.29) is 0 Å². The third kappa shape index (κ3) is 9.23. The van der Waals surface area contributed by atoms with Crippen LogP contribution in [0.1, 0.15) is 59.6 Å². The Kier molecular flexibility index (Phi) is 13.9. The van der Waals surface area contributed by atoms with E-state index in [0.29, 0.717) is 23.3 Å². The standard InChI is InChI=1S/C14H19N3S.C9H10O2.C7H7NO.C2H6/c1-9-13(16-14(15-2)18-9)11-4-5-12-10(8-11)6-7-17(12)3;1-11-9-4-2-8(3-5-9)6-7-10;1-6-7(5-9)3-2-4-8-6;1-2/h4-5,8-9,13H,6-7H2,1-3H3,(H,15,16);2-5,7H,6H2,1H3;2-5H,1H3;1-2H3. The van der Waals surface area contributed by atoms with Crippen LogP contribution in [0.5, 0.6) is 5.75 Å². The lowest BCUT2D eigenvalue weighted by atomic mass is 10.0. The Morgan fingerprint density at radius 3 is 2.42 bits per heavy atom. The molecule has 0 saturated carbocycles. The van der Waals surface area contributed by atoms with Gasteiger partial charge in [0, 0.05) is 55.5 Å². The molecule has 3 heterocycles. The van der Waals surface area contributed by atoms with E-state index in [4.69, 9.17) is 4.74 Å². The van der Waals surface area contributed by atoms with Crippen LogP contribution in [0.15, 0.2) is 65.8 Å². The first-order chi connectivity index (χ1) is 19.4. The highest BCUT2D eigenvalue weighted by Crippen LogP contribution is 2.36. The van der Waals surface area contributed by atoms with Crippen LogP contribution in [0.3, 0.4) is 0 Å². The largest absolute Gasteiger partial charge is 0.497 e. The number of rotatable bonds is 5. The molecule has 1 aromatic heterocycles. The molecule has 1 saturated heterocycles. The van der Waals surface area contributed by atoms with Crippen LogP contribution < -0.4 is 15.0 Å². The maximum absolute atomic E-state index is 10.2. The second-order valence-corrected chi connectivity index (χ2v) is 10.4. The van der Waals surface area contributed by atoms with Gasteiger partial charge >= 0.3 is 0 Å². The zero-order chi connectivity index (χ0) is 29.5. The van der Waals surface area contributed by atoms with Gasteiger partial charge in [-0.3, -0.25) is 14.8 Å². The molecule has 3 aromatic rings. The molecule has 7 nitrogen and oxygen atoms in total. The highest BCUT2D eigenvalue weighted by Gasteiger charge is 2.30. The number of anilines is 1. The molecule has 214 valence electrons. The Morgan fingerprint density at radius 1 is 1.15 bits per heavy atom. The molecule has 1 N–H and O–H groups in total. The molecule has 40 heavy (non-hydrogen) atoms. The lowest BCUT2D eigenvalue weighted by molar-refractivity contribution is -0.107. The number of nitrogens with one attached hydrogen (secondary N) is 1. The summed E-state index contributed by atoms with van der Waals surface area (Å²) in [4.78, 5) is 30.8. The van der Waals surface area contributed by atoms with Crippen molar-refractivity contribution < 1.29 is 14.3 Å². The number of thioether (sulfide) groups is 1. The maximum atomic E-state index is 10.2. The highest BCUT2D eigenvalue weighted by molar-refractivity contribution is 8.14. The summed E-state index contributed by atoms with van der Waals surface area (Å²) in [5.74, 6) is 0.819. The Labute approximate surface area is 243 Å². The van der Waals surface area contributed by atoms with Crippen LogP contribution in [0, 0.1) is 6.92 Å². The molecule has 0 aliphatic carbocycles. The SMILES string of the molecule is CC.CN=C1NC(c2ccc3c(c2)CCN3C)C(C)S1.COc1ccc(CC=O)cc1.Cc1ncccc1C=O. The summed E-state index contributed by atoms with van der Waals surface area (Å²) in [5, 5.41) is 5.11. The minimum absolute atomic E-state index is 0.393. The molecule has 8 heteroatoms. The number of hydrogen-bond donors (Lipinski definition) is 1. The van der Waals surface area contributed by atoms with Gasteiger partial charge in [-0.05, 0) is 60.4 Å². The van der Waals surface area contributed by atoms with Gasteiger partial charge in [-0.2, -0.15) is 0 Å². The van der Waals surface area contributed by atoms with E-state index in [9.17, 15) is 9.59 Å². The predicted molar refractivity (Wildman–Crippen MR) is 168 cm³/mol. The monoisotopic (exact) mass is 562 g/mol. The number of nitrogens with zero attached hydrogens (tertiary/aromatic N) is 3. The number of carbonyl (C=O) groups excluding carboxylic acids is 2. The molecular weight excluding hydrogens is 520 g/mol. The van der Waals surface area contributed by atoms with Gasteiger partial charge in [0.05, 0.1) is 13.2 Å². The van der Waals surface area contributed by atoms with Crippen molar-refractivity contribution in [2.75, 3.05) is 32.6 Å². The number of aldehydes is 2. The lowest BCUT2D eigenvalue weighted by Crippen LogP contribution is -2.22. The van der Waals surface area contributed by atoms with Crippen LogP contribution in [-0.2, 0) is 17.6 Å². The van der Waals surface area contributed by atoms with Crippen LogP contribution in [0.25, 0.3) is 0 Å². The third-order valence-corrected chi connectivity index (χ3v) is 7.66. The molecule has 2 unspecified atom stereocenters. The van der Waals surface area contributed by atoms with Crippen molar-refractivity contribution >= 4 is 35.2 Å². The second-order valence-electron chi connectivity index (χ2n) is 9.05. The van der Waals surface area contributed by atoms with E-state index in [1.54, 1.807) is 25.4 Å². The number of benzene rings is 2. The molecular formula is C32H42N4O3S. The zero-order valence-electron chi connectivity index (χ0n) is 24.7. The maximum Gasteiger partial charge on any atom is 0.157 e. The summed E-state index contributed by atoms with van der Waals surface area (Å²) in [7, 11) is 5.64. The van der Waals surface area contributed by atoms with Gasteiger partial charge in [0.25, 0.3) is 0 Å². The van der Waals surface area contributed by atoms with Gasteiger partial charge in [-0.15, -0.1) is 0 Å². The topological polar surface area (TPSA) is 83.9 Å². The zero-order valence-corrected chi connectivity index (χ0v) is 25.5. The second kappa shape index (κ2) is 17.1. The summed E-state index contributed by atoms with van der Waals surface area (Å²) in [6, 6.07) is 18.2. The average molecular weight is 563 g/mol. The average Bonchev–Trinajstić information content (AvgIpc) is 3.57. The van der Waals surface area contributed by atoms with Gasteiger partial charge in [0.15, 0.2) is 11.5 Å². The van der Waals surface area contributed by atoms with Crippen LogP contribution in [-0.4, -0.2) is 55.7 Å². The number of amidine groups is 1. The number of likely N-dealkylation sites (N-methyl/N-ethyl adjacent to an activating group) is 1. The number of pyridine rings is 1. The first-order valence-electron chi connectivity index (χ1n) is 13.6. The van der Waals surface area contributed by atoms with Gasteiger partial charge < -0.3 is 19.7 Å². The molecule has 0 amide bonds. The van der Waals surface area contributed by atoms with Crippen LogP contribution in [0.2, 0.25) is 0 Å². The lowest BCUT2D eigenvalue weighted by Gasteiger charge is -2.17. The van der Waals surface area contributed by atoms with E-state index in [1.165, 1.54) is 23.2 Å². The summed E-state index contributed by atoms with van der Waals surface area (Å²) < 4.78 is 4.96. The number of methoxy groups -OCH3 is 1. The van der Waals surface area contributed by atoms with Crippen molar-refractivity contribution in [3.8, 4) is 5.75 Å². The molecule has 0 bridgehead atoms. The highest BCUT2D eigenvalue weighted by atomic mass is 32.2.